The zero-order valence-corrected chi connectivity index (χ0v) is 16.7. The van der Waals surface area contributed by atoms with Crippen LogP contribution in [-0.4, -0.2) is 11.9 Å². The summed E-state index contributed by atoms with van der Waals surface area (Å²) in [6.07, 6.45) is -0.612. The minimum atomic E-state index is -0.781. The number of ether oxygens (including phenoxy) is 2. The van der Waals surface area contributed by atoms with E-state index in [2.05, 4.69) is 8.83 Å². The molecule has 0 amide bonds. The standard InChI is InChI=1S/2C9H12O5/c2*1-4-7(10)12-5(2)8-6(3)13-9(11)14-8/h2*5H,4H2,1-3H3. The molecule has 0 aliphatic rings. The Bertz CT molecular complexity index is 820. The molecule has 2 heterocycles. The predicted molar refractivity (Wildman–Crippen MR) is 93.6 cm³/mol. The maximum Gasteiger partial charge on any atom is 0.519 e. The molecule has 0 aliphatic heterocycles. The first-order chi connectivity index (χ1) is 13.1. The molecule has 0 N–H and O–H groups in total. The fourth-order valence-corrected chi connectivity index (χ4v) is 2.12. The molecule has 0 radical (unpaired) electrons. The van der Waals surface area contributed by atoms with E-state index in [1.165, 1.54) is 0 Å². The highest BCUT2D eigenvalue weighted by Crippen LogP contribution is 2.20. The van der Waals surface area contributed by atoms with Crippen LogP contribution in [0.2, 0.25) is 0 Å². The zero-order valence-electron chi connectivity index (χ0n) is 16.7. The van der Waals surface area contributed by atoms with E-state index in [0.29, 0.717) is 11.5 Å². The van der Waals surface area contributed by atoms with Crippen LogP contribution in [0.15, 0.2) is 27.3 Å². The van der Waals surface area contributed by atoms with Gasteiger partial charge >= 0.3 is 23.6 Å². The van der Waals surface area contributed by atoms with Gasteiger partial charge in [0.15, 0.2) is 35.2 Å². The molecule has 0 saturated carbocycles. The van der Waals surface area contributed by atoms with E-state index in [4.69, 9.17) is 18.3 Å². The van der Waals surface area contributed by atoms with Crippen molar-refractivity contribution in [3.8, 4) is 0 Å². The molecule has 28 heavy (non-hydrogen) atoms. The van der Waals surface area contributed by atoms with Crippen molar-refractivity contribution in [2.75, 3.05) is 0 Å². The Morgan fingerprint density at radius 1 is 0.750 bits per heavy atom. The topological polar surface area (TPSA) is 139 Å². The largest absolute Gasteiger partial charge is 0.519 e. The number of hydrogen-bond donors (Lipinski definition) is 0. The van der Waals surface area contributed by atoms with Crippen LogP contribution in [-0.2, 0) is 19.1 Å². The van der Waals surface area contributed by atoms with Crippen LogP contribution < -0.4 is 11.6 Å². The normalized spacial score (nSPS) is 12.5. The number of hydrogen-bond acceptors (Lipinski definition) is 10. The molecule has 2 atom stereocenters. The Labute approximate surface area is 160 Å². The summed E-state index contributed by atoms with van der Waals surface area (Å²) in [5.74, 6) is -1.05. The van der Waals surface area contributed by atoms with E-state index < -0.39 is 23.9 Å². The first kappa shape index (κ1) is 23.0. The number of carbonyl (C=O) groups is 2. The van der Waals surface area contributed by atoms with Crippen molar-refractivity contribution >= 4 is 11.9 Å². The van der Waals surface area contributed by atoms with Gasteiger partial charge in [-0.05, 0) is 27.7 Å². The summed E-state index contributed by atoms with van der Waals surface area (Å²) in [7, 11) is 0. The monoisotopic (exact) mass is 400 g/mol. The lowest BCUT2D eigenvalue weighted by Gasteiger charge is -2.08. The lowest BCUT2D eigenvalue weighted by molar-refractivity contribution is -0.150. The van der Waals surface area contributed by atoms with Crippen LogP contribution in [0.3, 0.4) is 0 Å². The summed E-state index contributed by atoms with van der Waals surface area (Å²) in [6, 6.07) is 0. The predicted octanol–water partition coefficient (Wildman–Crippen LogP) is 3.11. The van der Waals surface area contributed by atoms with Gasteiger partial charge in [0.05, 0.1) is 0 Å². The fourth-order valence-electron chi connectivity index (χ4n) is 2.12. The molecule has 0 aliphatic carbocycles. The first-order valence-corrected chi connectivity index (χ1v) is 8.68. The molecular weight excluding hydrogens is 376 g/mol. The Morgan fingerprint density at radius 2 is 1.07 bits per heavy atom. The number of rotatable bonds is 6. The second kappa shape index (κ2) is 10.3. The minimum absolute atomic E-state index is 0.261. The highest BCUT2D eigenvalue weighted by atomic mass is 16.6. The van der Waals surface area contributed by atoms with Crippen molar-refractivity contribution in [1.82, 2.24) is 0 Å². The highest BCUT2D eigenvalue weighted by molar-refractivity contribution is 5.69. The number of aryl methyl sites for hydroxylation is 2. The summed E-state index contributed by atoms with van der Waals surface area (Å²) in [4.78, 5) is 43.3. The van der Waals surface area contributed by atoms with E-state index in [-0.39, 0.29) is 36.3 Å². The van der Waals surface area contributed by atoms with Gasteiger partial charge in [-0.3, -0.25) is 9.59 Å². The molecule has 2 unspecified atom stereocenters. The molecule has 156 valence electrons. The molecule has 2 aromatic heterocycles. The maximum atomic E-state index is 10.9. The van der Waals surface area contributed by atoms with Crippen LogP contribution in [0.4, 0.5) is 0 Å². The van der Waals surface area contributed by atoms with Gasteiger partial charge in [-0.15, -0.1) is 0 Å². The summed E-state index contributed by atoms with van der Waals surface area (Å²) in [6.45, 7) is 9.77. The van der Waals surface area contributed by atoms with Crippen molar-refractivity contribution in [1.29, 1.82) is 0 Å². The van der Waals surface area contributed by atoms with E-state index in [1.807, 2.05) is 0 Å². The van der Waals surface area contributed by atoms with Crippen molar-refractivity contribution < 1.29 is 36.7 Å². The third-order valence-corrected chi connectivity index (χ3v) is 3.49. The molecule has 2 aromatic rings. The Balaban J connectivity index is 0.000000280. The first-order valence-electron chi connectivity index (χ1n) is 8.68. The smallest absolute Gasteiger partial charge is 0.454 e. The molecule has 0 bridgehead atoms. The molecular formula is C18H24O10. The summed E-state index contributed by atoms with van der Waals surface area (Å²) in [5, 5.41) is 0. The molecule has 10 heteroatoms. The fraction of sp³-hybridized carbons (Fsp3) is 0.556. The Morgan fingerprint density at radius 3 is 1.29 bits per heavy atom. The van der Waals surface area contributed by atoms with Gasteiger partial charge in [-0.2, -0.15) is 0 Å². The zero-order chi connectivity index (χ0) is 21.4. The lowest BCUT2D eigenvalue weighted by Crippen LogP contribution is -2.07. The molecule has 0 fully saturated rings. The third-order valence-electron chi connectivity index (χ3n) is 3.49. The van der Waals surface area contributed by atoms with Crippen LogP contribution in [0, 0.1) is 13.8 Å². The molecule has 0 spiro atoms. The molecule has 0 saturated heterocycles. The van der Waals surface area contributed by atoms with E-state index in [0.717, 1.165) is 0 Å². The van der Waals surface area contributed by atoms with Gasteiger partial charge in [-0.1, -0.05) is 13.8 Å². The average molecular weight is 400 g/mol. The average Bonchev–Trinajstić information content (AvgIpc) is 3.15. The van der Waals surface area contributed by atoms with Gasteiger partial charge in [0, 0.05) is 12.8 Å². The van der Waals surface area contributed by atoms with Crippen LogP contribution in [0.25, 0.3) is 0 Å². The number of esters is 2. The van der Waals surface area contributed by atoms with Crippen LogP contribution in [0.1, 0.15) is 75.8 Å². The second-order valence-corrected chi connectivity index (χ2v) is 5.72. The quantitative estimate of drug-likeness (QED) is 0.664. The molecule has 2 rings (SSSR count). The Kier molecular flexibility index (Phi) is 8.49. The van der Waals surface area contributed by atoms with E-state index in [9.17, 15) is 19.2 Å². The second-order valence-electron chi connectivity index (χ2n) is 5.72. The van der Waals surface area contributed by atoms with Crippen LogP contribution >= 0.6 is 0 Å². The van der Waals surface area contributed by atoms with Gasteiger partial charge in [0.1, 0.15) is 0 Å². The summed E-state index contributed by atoms with van der Waals surface area (Å²) < 4.78 is 28.6. The molecule has 0 aromatic carbocycles. The third kappa shape index (κ3) is 6.60. The molecule has 10 nitrogen and oxygen atoms in total. The van der Waals surface area contributed by atoms with E-state index in [1.54, 1.807) is 41.5 Å². The van der Waals surface area contributed by atoms with Gasteiger partial charge in [-0.25, -0.2) is 9.59 Å². The van der Waals surface area contributed by atoms with Crippen molar-refractivity contribution in [3.05, 3.63) is 44.3 Å². The minimum Gasteiger partial charge on any atom is -0.454 e. The van der Waals surface area contributed by atoms with Crippen molar-refractivity contribution in [3.63, 3.8) is 0 Å². The maximum absolute atomic E-state index is 10.9. The lowest BCUT2D eigenvalue weighted by atomic mass is 10.3. The SMILES string of the molecule is CCC(=O)OC(C)c1oc(=O)oc1C.CCC(=O)OC(C)c1oc(=O)oc1C. The van der Waals surface area contributed by atoms with Gasteiger partial charge in [0.25, 0.3) is 0 Å². The van der Waals surface area contributed by atoms with E-state index >= 15 is 0 Å². The van der Waals surface area contributed by atoms with Crippen molar-refractivity contribution in [2.24, 2.45) is 0 Å². The summed E-state index contributed by atoms with van der Waals surface area (Å²) in [5.41, 5.74) is 0. The van der Waals surface area contributed by atoms with Crippen molar-refractivity contribution in [2.45, 2.75) is 66.6 Å². The van der Waals surface area contributed by atoms with Gasteiger partial charge < -0.3 is 27.1 Å². The number of carbonyl (C=O) groups excluding carboxylic acids is 2. The Hall–Kier alpha value is -3.04. The summed E-state index contributed by atoms with van der Waals surface area (Å²) >= 11 is 0. The van der Waals surface area contributed by atoms with Gasteiger partial charge in [0.2, 0.25) is 0 Å². The highest BCUT2D eigenvalue weighted by Gasteiger charge is 2.20. The van der Waals surface area contributed by atoms with Crippen LogP contribution in [0.5, 0.6) is 0 Å².